The molecule has 0 bridgehead atoms. The van der Waals surface area contributed by atoms with E-state index < -0.39 is 0 Å². The molecule has 1 N–H and O–H groups in total. The summed E-state index contributed by atoms with van der Waals surface area (Å²) in [7, 11) is 0. The van der Waals surface area contributed by atoms with Crippen LogP contribution in [0.4, 0.5) is 0 Å². The molecule has 6 rings (SSSR count). The number of H-pyrrole nitrogens is 1. The molecular weight excluding hydrogens is 380 g/mol. The lowest BCUT2D eigenvalue weighted by Gasteiger charge is -2.19. The highest BCUT2D eigenvalue weighted by Crippen LogP contribution is 2.34. The topological polar surface area (TPSA) is 46.5 Å². The van der Waals surface area contributed by atoms with Crippen molar-refractivity contribution in [1.29, 1.82) is 0 Å². The minimum absolute atomic E-state index is 0.0567. The van der Waals surface area contributed by atoms with Crippen LogP contribution < -0.4 is 0 Å². The van der Waals surface area contributed by atoms with Crippen LogP contribution in [0.1, 0.15) is 25.2 Å². The second kappa shape index (κ2) is 7.10. The van der Waals surface area contributed by atoms with Gasteiger partial charge in [-0.25, -0.2) is 9.97 Å². The maximum absolute atomic E-state index is 5.06. The van der Waals surface area contributed by atoms with Crippen LogP contribution in [-0.2, 0) is 0 Å². The first-order valence-corrected chi connectivity index (χ1v) is 10.7. The van der Waals surface area contributed by atoms with E-state index in [1.165, 1.54) is 10.8 Å². The van der Waals surface area contributed by atoms with Crippen molar-refractivity contribution in [1.82, 2.24) is 19.5 Å². The van der Waals surface area contributed by atoms with Gasteiger partial charge in [0.15, 0.2) is 0 Å². The normalized spacial score (nSPS) is 12.7. The molecule has 31 heavy (non-hydrogen) atoms. The van der Waals surface area contributed by atoms with Gasteiger partial charge in [0, 0.05) is 5.56 Å². The zero-order valence-electron chi connectivity index (χ0n) is 17.3. The molecule has 4 aromatic carbocycles. The van der Waals surface area contributed by atoms with Gasteiger partial charge in [-0.2, -0.15) is 0 Å². The quantitative estimate of drug-likeness (QED) is 0.355. The summed E-state index contributed by atoms with van der Waals surface area (Å²) < 4.78 is 2.34. The molecule has 2 heterocycles. The molecule has 0 saturated carbocycles. The lowest BCUT2D eigenvalue weighted by molar-refractivity contribution is 0.560. The Bertz CT molecular complexity index is 1510. The summed E-state index contributed by atoms with van der Waals surface area (Å²) in [5.41, 5.74) is 5.29. The summed E-state index contributed by atoms with van der Waals surface area (Å²) in [4.78, 5) is 13.5. The van der Waals surface area contributed by atoms with E-state index >= 15 is 0 Å². The van der Waals surface area contributed by atoms with Gasteiger partial charge in [0.25, 0.3) is 0 Å². The maximum Gasteiger partial charge on any atom is 0.141 e. The number of imidazole rings is 2. The SMILES string of the molecule is CCC(c1nc2ccccc2[nH]1)n1c(-c2ccc3ccccc3c2)nc2ccccc21. The van der Waals surface area contributed by atoms with Crippen LogP contribution >= 0.6 is 0 Å². The fourth-order valence-electron chi connectivity index (χ4n) is 4.52. The van der Waals surface area contributed by atoms with Gasteiger partial charge in [0.1, 0.15) is 11.6 Å². The number of aromatic amines is 1. The zero-order chi connectivity index (χ0) is 20.8. The molecule has 0 aliphatic carbocycles. The molecule has 0 aliphatic heterocycles. The summed E-state index contributed by atoms with van der Waals surface area (Å²) in [6, 6.07) is 31.7. The van der Waals surface area contributed by atoms with E-state index in [4.69, 9.17) is 9.97 Å². The van der Waals surface area contributed by atoms with Crippen molar-refractivity contribution in [2.24, 2.45) is 0 Å². The van der Waals surface area contributed by atoms with Crippen molar-refractivity contribution in [3.05, 3.63) is 96.8 Å². The van der Waals surface area contributed by atoms with E-state index in [0.717, 1.165) is 45.7 Å². The summed E-state index contributed by atoms with van der Waals surface area (Å²) in [5, 5.41) is 2.45. The molecule has 0 amide bonds. The highest BCUT2D eigenvalue weighted by atomic mass is 15.1. The monoisotopic (exact) mass is 402 g/mol. The molecule has 1 atom stereocenters. The van der Waals surface area contributed by atoms with Crippen LogP contribution in [0.5, 0.6) is 0 Å². The third-order valence-electron chi connectivity index (χ3n) is 6.03. The predicted molar refractivity (Wildman–Crippen MR) is 127 cm³/mol. The molecule has 0 fully saturated rings. The van der Waals surface area contributed by atoms with Gasteiger partial charge in [0.05, 0.1) is 28.1 Å². The molecule has 150 valence electrons. The molecule has 6 aromatic rings. The van der Waals surface area contributed by atoms with Gasteiger partial charge in [-0.15, -0.1) is 0 Å². The smallest absolute Gasteiger partial charge is 0.141 e. The minimum Gasteiger partial charge on any atom is -0.340 e. The van der Waals surface area contributed by atoms with Gasteiger partial charge in [-0.05, 0) is 47.5 Å². The molecule has 0 radical (unpaired) electrons. The number of nitrogens with zero attached hydrogens (tertiary/aromatic N) is 3. The van der Waals surface area contributed by atoms with E-state index in [0.29, 0.717) is 0 Å². The molecule has 2 aromatic heterocycles. The van der Waals surface area contributed by atoms with Gasteiger partial charge in [0.2, 0.25) is 0 Å². The Hall–Kier alpha value is -3.92. The molecule has 1 unspecified atom stereocenters. The van der Waals surface area contributed by atoms with Crippen LogP contribution in [-0.4, -0.2) is 19.5 Å². The van der Waals surface area contributed by atoms with Gasteiger partial charge in [-0.3, -0.25) is 0 Å². The minimum atomic E-state index is 0.0567. The van der Waals surface area contributed by atoms with Crippen LogP contribution in [0.2, 0.25) is 0 Å². The number of hydrogen-bond donors (Lipinski definition) is 1. The number of rotatable bonds is 4. The first kappa shape index (κ1) is 17.9. The van der Waals surface area contributed by atoms with E-state index in [2.05, 4.69) is 89.3 Å². The van der Waals surface area contributed by atoms with Crippen molar-refractivity contribution >= 4 is 32.8 Å². The molecular formula is C27H22N4. The Morgan fingerprint density at radius 3 is 2.35 bits per heavy atom. The van der Waals surface area contributed by atoms with Crippen molar-refractivity contribution in [3.8, 4) is 11.4 Å². The fourth-order valence-corrected chi connectivity index (χ4v) is 4.52. The summed E-state index contributed by atoms with van der Waals surface area (Å²) >= 11 is 0. The Morgan fingerprint density at radius 2 is 1.52 bits per heavy atom. The van der Waals surface area contributed by atoms with E-state index in [-0.39, 0.29) is 6.04 Å². The van der Waals surface area contributed by atoms with Crippen LogP contribution in [0.3, 0.4) is 0 Å². The largest absolute Gasteiger partial charge is 0.340 e. The average molecular weight is 403 g/mol. The fraction of sp³-hybridized carbons (Fsp3) is 0.111. The highest BCUT2D eigenvalue weighted by molar-refractivity contribution is 5.88. The van der Waals surface area contributed by atoms with Gasteiger partial charge < -0.3 is 9.55 Å². The second-order valence-corrected chi connectivity index (χ2v) is 7.92. The first-order chi connectivity index (χ1) is 15.3. The number of fused-ring (bicyclic) bond motifs is 3. The lowest BCUT2D eigenvalue weighted by Crippen LogP contribution is -2.13. The highest BCUT2D eigenvalue weighted by Gasteiger charge is 2.23. The molecule has 0 spiro atoms. The van der Waals surface area contributed by atoms with Crippen molar-refractivity contribution < 1.29 is 0 Å². The molecule has 0 saturated heterocycles. The summed E-state index contributed by atoms with van der Waals surface area (Å²) in [6.07, 6.45) is 0.904. The van der Waals surface area contributed by atoms with Crippen molar-refractivity contribution in [2.75, 3.05) is 0 Å². The Balaban J connectivity index is 1.60. The van der Waals surface area contributed by atoms with Gasteiger partial charge >= 0.3 is 0 Å². The van der Waals surface area contributed by atoms with Crippen LogP contribution in [0, 0.1) is 0 Å². The van der Waals surface area contributed by atoms with E-state index in [1.54, 1.807) is 0 Å². The van der Waals surface area contributed by atoms with E-state index in [1.807, 2.05) is 18.2 Å². The third-order valence-corrected chi connectivity index (χ3v) is 6.03. The van der Waals surface area contributed by atoms with Crippen molar-refractivity contribution in [2.45, 2.75) is 19.4 Å². The van der Waals surface area contributed by atoms with Crippen LogP contribution in [0.25, 0.3) is 44.2 Å². The summed E-state index contributed by atoms with van der Waals surface area (Å²) in [5.74, 6) is 1.94. The number of hydrogen-bond acceptors (Lipinski definition) is 2. The predicted octanol–water partition coefficient (Wildman–Crippen LogP) is 6.73. The first-order valence-electron chi connectivity index (χ1n) is 10.7. The van der Waals surface area contributed by atoms with Crippen LogP contribution in [0.15, 0.2) is 91.0 Å². The number of aromatic nitrogens is 4. The Morgan fingerprint density at radius 1 is 0.774 bits per heavy atom. The second-order valence-electron chi connectivity index (χ2n) is 7.92. The lowest BCUT2D eigenvalue weighted by atomic mass is 10.1. The summed E-state index contributed by atoms with van der Waals surface area (Å²) in [6.45, 7) is 2.21. The van der Waals surface area contributed by atoms with Gasteiger partial charge in [-0.1, -0.05) is 67.6 Å². The zero-order valence-corrected chi connectivity index (χ0v) is 17.3. The Labute approximate surface area is 180 Å². The third kappa shape index (κ3) is 2.91. The molecule has 4 heteroatoms. The maximum atomic E-state index is 5.06. The number of nitrogens with one attached hydrogen (secondary N) is 1. The Kier molecular flexibility index (Phi) is 4.10. The van der Waals surface area contributed by atoms with Crippen molar-refractivity contribution in [3.63, 3.8) is 0 Å². The van der Waals surface area contributed by atoms with E-state index in [9.17, 15) is 0 Å². The number of para-hydroxylation sites is 4. The molecule has 0 aliphatic rings. The molecule has 4 nitrogen and oxygen atoms in total. The standard InChI is InChI=1S/C27H22N4/c1-2-24(26-28-21-11-5-6-12-22(21)29-26)31-25-14-8-7-13-23(25)30-27(31)20-16-15-18-9-3-4-10-19(18)17-20/h3-17,24H,2H2,1H3,(H,28,29). The number of benzene rings is 4. The average Bonchev–Trinajstić information content (AvgIpc) is 3.42.